The maximum Gasteiger partial charge on any atom is 0.341 e. The summed E-state index contributed by atoms with van der Waals surface area (Å²) in [7, 11) is -4.91. The van der Waals surface area contributed by atoms with Crippen molar-refractivity contribution < 1.29 is 31.2 Å². The van der Waals surface area contributed by atoms with Crippen LogP contribution in [0.3, 0.4) is 0 Å². The van der Waals surface area contributed by atoms with E-state index in [1.54, 1.807) is 19.1 Å². The first kappa shape index (κ1) is 21.2. The van der Waals surface area contributed by atoms with Crippen molar-refractivity contribution in [2.75, 3.05) is 10.6 Å². The first-order valence-electron chi connectivity index (χ1n) is 8.58. The Morgan fingerprint density at radius 3 is 2.30 bits per heavy atom. The van der Waals surface area contributed by atoms with E-state index in [9.17, 15) is 26.8 Å². The minimum atomic E-state index is -4.91. The van der Waals surface area contributed by atoms with E-state index in [0.717, 1.165) is 6.07 Å². The highest BCUT2D eigenvalue weighted by molar-refractivity contribution is 7.91. The molecule has 3 aromatic rings. The molecule has 3 rings (SSSR count). The van der Waals surface area contributed by atoms with Crippen LogP contribution in [0.1, 0.15) is 26.5 Å². The zero-order valence-electron chi connectivity index (χ0n) is 15.6. The third-order valence-corrected chi connectivity index (χ3v) is 5.61. The van der Waals surface area contributed by atoms with E-state index in [2.05, 4.69) is 10.6 Å². The summed E-state index contributed by atoms with van der Waals surface area (Å²) in [4.78, 5) is 24.1. The number of aryl methyl sites for hydroxylation is 1. The monoisotopic (exact) mass is 434 g/mol. The van der Waals surface area contributed by atoms with Gasteiger partial charge in [0.2, 0.25) is 9.84 Å². The van der Waals surface area contributed by atoms with Gasteiger partial charge in [-0.1, -0.05) is 18.2 Å². The van der Waals surface area contributed by atoms with Gasteiger partial charge in [-0.25, -0.2) is 8.42 Å². The highest BCUT2D eigenvalue weighted by Crippen LogP contribution is 2.27. The molecule has 0 aliphatic carbocycles. The van der Waals surface area contributed by atoms with Gasteiger partial charge in [0.05, 0.1) is 16.8 Å². The Morgan fingerprint density at radius 1 is 0.933 bits per heavy atom. The van der Waals surface area contributed by atoms with Crippen molar-refractivity contribution in [2.24, 2.45) is 0 Å². The summed E-state index contributed by atoms with van der Waals surface area (Å²) < 4.78 is 54.6. The van der Waals surface area contributed by atoms with Gasteiger partial charge in [-0.15, -0.1) is 0 Å². The topological polar surface area (TPSA) is 105 Å². The molecule has 0 bridgehead atoms. The predicted molar refractivity (Wildman–Crippen MR) is 105 cm³/mol. The average molecular weight is 434 g/mol. The molecule has 7 nitrogen and oxygen atoms in total. The summed E-state index contributed by atoms with van der Waals surface area (Å²) >= 11 is 0. The van der Waals surface area contributed by atoms with Gasteiger partial charge in [-0.3, -0.25) is 9.59 Å². The lowest BCUT2D eigenvalue weighted by molar-refractivity contribution is 0.0993. The van der Waals surface area contributed by atoms with Crippen molar-refractivity contribution in [2.45, 2.75) is 17.6 Å². The van der Waals surface area contributed by atoms with Crippen LogP contribution in [-0.4, -0.2) is 26.0 Å². The smallest absolute Gasteiger partial charge is 0.341 e. The quantitative estimate of drug-likeness (QED) is 0.608. The van der Waals surface area contributed by atoms with Crippen LogP contribution in [0.5, 0.6) is 0 Å². The molecule has 156 valence electrons. The minimum absolute atomic E-state index is 0.0791. The molecule has 0 aliphatic heterocycles. The van der Waals surface area contributed by atoms with Crippen LogP contribution < -0.4 is 10.6 Å². The van der Waals surface area contributed by atoms with Gasteiger partial charge < -0.3 is 15.1 Å². The summed E-state index contributed by atoms with van der Waals surface area (Å²) in [6.45, 7) is 1.71. The van der Waals surface area contributed by atoms with Crippen LogP contribution in [0.15, 0.2) is 70.2 Å². The molecule has 2 N–H and O–H groups in total. The second-order valence-corrected chi connectivity index (χ2v) is 8.10. The maximum atomic E-state index is 12.9. The Labute approximate surface area is 170 Å². The number of para-hydroxylation sites is 1. The molecular weight excluding hydrogens is 418 g/mol. The normalized spacial score (nSPS) is 11.3. The largest absolute Gasteiger partial charge is 0.459 e. The Morgan fingerprint density at radius 2 is 1.63 bits per heavy atom. The number of sulfone groups is 1. The average Bonchev–Trinajstić information content (AvgIpc) is 3.24. The number of hydrogen-bond acceptors (Lipinski definition) is 5. The van der Waals surface area contributed by atoms with Crippen LogP contribution >= 0.6 is 0 Å². The van der Waals surface area contributed by atoms with Crippen molar-refractivity contribution in [3.63, 3.8) is 0 Å². The standard InChI is InChI=1S/C20H16F2N2O5S/c1-12-8-9-13(11-15(12)24-19(26)16-6-4-10-29-16)18(25)23-14-5-2-3-7-17(14)30(27,28)20(21)22/h2-11,20H,1H3,(H,23,25)(H,24,26). The third kappa shape index (κ3) is 4.38. The Balaban J connectivity index is 1.86. The van der Waals surface area contributed by atoms with Crippen LogP contribution in [0.2, 0.25) is 0 Å². The molecule has 2 aromatic carbocycles. The summed E-state index contributed by atoms with van der Waals surface area (Å²) in [5.74, 6) is -4.80. The Kier molecular flexibility index (Phi) is 5.97. The summed E-state index contributed by atoms with van der Waals surface area (Å²) in [6.07, 6.45) is 1.34. The molecule has 0 saturated carbocycles. The van der Waals surface area contributed by atoms with Gasteiger partial charge in [0.15, 0.2) is 5.76 Å². The van der Waals surface area contributed by atoms with Gasteiger partial charge in [0, 0.05) is 11.3 Å². The van der Waals surface area contributed by atoms with Crippen molar-refractivity contribution in [1.29, 1.82) is 0 Å². The molecular formula is C20H16F2N2O5S. The number of halogens is 2. The van der Waals surface area contributed by atoms with Gasteiger partial charge >= 0.3 is 5.76 Å². The summed E-state index contributed by atoms with van der Waals surface area (Å²) in [5.41, 5.74) is 0.800. The zero-order valence-corrected chi connectivity index (χ0v) is 16.4. The molecule has 0 radical (unpaired) electrons. The molecule has 0 spiro atoms. The fourth-order valence-corrected chi connectivity index (χ4v) is 3.48. The summed E-state index contributed by atoms with van der Waals surface area (Å²) in [6, 6.07) is 12.3. The highest BCUT2D eigenvalue weighted by Gasteiger charge is 2.29. The number of rotatable bonds is 6. The second-order valence-electron chi connectivity index (χ2n) is 6.22. The molecule has 10 heteroatoms. The van der Waals surface area contributed by atoms with E-state index in [0.29, 0.717) is 11.3 Å². The van der Waals surface area contributed by atoms with Crippen molar-refractivity contribution in [3.05, 3.63) is 77.7 Å². The van der Waals surface area contributed by atoms with E-state index in [-0.39, 0.29) is 17.0 Å². The van der Waals surface area contributed by atoms with E-state index < -0.39 is 32.3 Å². The van der Waals surface area contributed by atoms with Crippen molar-refractivity contribution >= 4 is 33.0 Å². The molecule has 2 amide bonds. The fourth-order valence-electron chi connectivity index (χ4n) is 2.60. The molecule has 1 aromatic heterocycles. The SMILES string of the molecule is Cc1ccc(C(=O)Nc2ccccc2S(=O)(=O)C(F)F)cc1NC(=O)c1ccco1. The lowest BCUT2D eigenvalue weighted by Crippen LogP contribution is -2.18. The van der Waals surface area contributed by atoms with Crippen molar-refractivity contribution in [1.82, 2.24) is 0 Å². The Bertz CT molecular complexity index is 1190. The number of alkyl halides is 2. The number of furan rings is 1. The van der Waals surface area contributed by atoms with Crippen LogP contribution in [0.25, 0.3) is 0 Å². The molecule has 30 heavy (non-hydrogen) atoms. The van der Waals surface area contributed by atoms with Gasteiger partial charge in [0.1, 0.15) is 0 Å². The van der Waals surface area contributed by atoms with Crippen LogP contribution in [0.4, 0.5) is 20.2 Å². The Hall–Kier alpha value is -3.53. The molecule has 0 fully saturated rings. The number of benzene rings is 2. The molecule has 0 aliphatic rings. The van der Waals surface area contributed by atoms with Crippen LogP contribution in [0, 0.1) is 6.92 Å². The first-order chi connectivity index (χ1) is 14.2. The van der Waals surface area contributed by atoms with E-state index >= 15 is 0 Å². The fraction of sp³-hybridized carbons (Fsp3) is 0.100. The number of anilines is 2. The third-order valence-electron chi connectivity index (χ3n) is 4.17. The number of nitrogens with one attached hydrogen (secondary N) is 2. The van der Waals surface area contributed by atoms with E-state index in [1.807, 2.05) is 0 Å². The molecule has 0 unspecified atom stereocenters. The maximum absolute atomic E-state index is 12.9. The highest BCUT2D eigenvalue weighted by atomic mass is 32.2. The number of carbonyl (C=O) groups is 2. The number of carbonyl (C=O) groups excluding carboxylic acids is 2. The van der Waals surface area contributed by atoms with E-state index in [1.165, 1.54) is 42.7 Å². The lowest BCUT2D eigenvalue weighted by Gasteiger charge is -2.13. The number of hydrogen-bond donors (Lipinski definition) is 2. The van der Waals surface area contributed by atoms with Crippen molar-refractivity contribution in [3.8, 4) is 0 Å². The summed E-state index contributed by atoms with van der Waals surface area (Å²) in [5, 5.41) is 4.95. The van der Waals surface area contributed by atoms with Gasteiger partial charge in [0.25, 0.3) is 11.8 Å². The van der Waals surface area contributed by atoms with Crippen LogP contribution in [-0.2, 0) is 9.84 Å². The molecule has 0 saturated heterocycles. The van der Waals surface area contributed by atoms with Gasteiger partial charge in [-0.05, 0) is 48.9 Å². The second kappa shape index (κ2) is 8.46. The zero-order chi connectivity index (χ0) is 21.9. The predicted octanol–water partition coefficient (Wildman–Crippen LogP) is 4.09. The number of amides is 2. The van der Waals surface area contributed by atoms with E-state index in [4.69, 9.17) is 4.42 Å². The minimum Gasteiger partial charge on any atom is -0.459 e. The van der Waals surface area contributed by atoms with Gasteiger partial charge in [-0.2, -0.15) is 8.78 Å². The molecule has 0 atom stereocenters. The molecule has 1 heterocycles. The lowest BCUT2D eigenvalue weighted by atomic mass is 10.1. The first-order valence-corrected chi connectivity index (χ1v) is 10.1.